The Balaban J connectivity index is 1.62. The minimum Gasteiger partial charge on any atom is -0.465 e. The van der Waals surface area contributed by atoms with Crippen LogP contribution in [0, 0.1) is 11.3 Å². The Morgan fingerprint density at radius 1 is 1.27 bits per heavy atom. The first-order chi connectivity index (χ1) is 12.6. The van der Waals surface area contributed by atoms with Crippen LogP contribution in [0.3, 0.4) is 0 Å². The van der Waals surface area contributed by atoms with Crippen molar-refractivity contribution in [2.24, 2.45) is 0 Å². The highest BCUT2D eigenvalue weighted by molar-refractivity contribution is 7.99. The average Bonchev–Trinajstić information content (AvgIpc) is 3.08. The van der Waals surface area contributed by atoms with Crippen LogP contribution in [0.2, 0.25) is 0 Å². The Hall–Kier alpha value is -3.31. The van der Waals surface area contributed by atoms with Gasteiger partial charge in [0.15, 0.2) is 5.16 Å². The van der Waals surface area contributed by atoms with Crippen LogP contribution in [-0.4, -0.2) is 34.7 Å². The number of ether oxygens (including phenoxy) is 1. The van der Waals surface area contributed by atoms with E-state index in [9.17, 15) is 9.59 Å². The average molecular weight is 366 g/mol. The van der Waals surface area contributed by atoms with Gasteiger partial charge in [-0.05, 0) is 42.5 Å². The fraction of sp³-hybridized carbons (Fsp3) is 0.111. The zero-order valence-electron chi connectivity index (χ0n) is 13.8. The first-order valence-corrected chi connectivity index (χ1v) is 8.58. The van der Waals surface area contributed by atoms with Gasteiger partial charge < -0.3 is 15.0 Å². The van der Waals surface area contributed by atoms with E-state index in [1.807, 2.05) is 6.07 Å². The van der Waals surface area contributed by atoms with E-state index in [-0.39, 0.29) is 11.7 Å². The molecule has 2 aromatic carbocycles. The van der Waals surface area contributed by atoms with Gasteiger partial charge in [0, 0.05) is 5.69 Å². The highest BCUT2D eigenvalue weighted by Gasteiger charge is 2.11. The summed E-state index contributed by atoms with van der Waals surface area (Å²) in [6.45, 7) is 0. The maximum atomic E-state index is 12.0. The van der Waals surface area contributed by atoms with Crippen LogP contribution in [0.15, 0.2) is 47.6 Å². The smallest absolute Gasteiger partial charge is 0.337 e. The van der Waals surface area contributed by atoms with Gasteiger partial charge in [-0.25, -0.2) is 9.78 Å². The largest absolute Gasteiger partial charge is 0.465 e. The molecule has 2 N–H and O–H groups in total. The van der Waals surface area contributed by atoms with Crippen LogP contribution >= 0.6 is 11.8 Å². The van der Waals surface area contributed by atoms with E-state index in [4.69, 9.17) is 10.00 Å². The van der Waals surface area contributed by atoms with Crippen molar-refractivity contribution in [2.45, 2.75) is 5.16 Å². The lowest BCUT2D eigenvalue weighted by atomic mass is 10.2. The molecule has 0 unspecified atom stereocenters. The maximum absolute atomic E-state index is 12.0. The number of nitriles is 1. The fourth-order valence-corrected chi connectivity index (χ4v) is 2.94. The van der Waals surface area contributed by atoms with Gasteiger partial charge >= 0.3 is 5.97 Å². The minimum absolute atomic E-state index is 0.170. The molecule has 130 valence electrons. The van der Waals surface area contributed by atoms with E-state index in [0.29, 0.717) is 33.0 Å². The summed E-state index contributed by atoms with van der Waals surface area (Å²) in [5, 5.41) is 12.1. The summed E-state index contributed by atoms with van der Waals surface area (Å²) >= 11 is 1.25. The van der Waals surface area contributed by atoms with Gasteiger partial charge in [-0.2, -0.15) is 5.26 Å². The zero-order valence-corrected chi connectivity index (χ0v) is 14.6. The fourth-order valence-electron chi connectivity index (χ4n) is 2.26. The van der Waals surface area contributed by atoms with Crippen molar-refractivity contribution >= 4 is 40.4 Å². The number of fused-ring (bicyclic) bond motifs is 1. The van der Waals surface area contributed by atoms with E-state index in [1.165, 1.54) is 18.9 Å². The number of benzene rings is 2. The number of hydrogen-bond donors (Lipinski definition) is 2. The van der Waals surface area contributed by atoms with Crippen molar-refractivity contribution in [2.75, 3.05) is 18.2 Å². The second-order valence-corrected chi connectivity index (χ2v) is 6.26. The molecule has 0 fully saturated rings. The summed E-state index contributed by atoms with van der Waals surface area (Å²) in [5.41, 5.74) is 2.99. The maximum Gasteiger partial charge on any atom is 0.337 e. The van der Waals surface area contributed by atoms with Crippen molar-refractivity contribution in [3.63, 3.8) is 0 Å². The standard InChI is InChI=1S/C18H14N4O3S/c1-25-17(24)12-4-7-14-15(8-12)22-18(21-14)26-10-16(23)20-13-5-2-11(9-19)3-6-13/h2-8H,10H2,1H3,(H,20,23)(H,21,22). The lowest BCUT2D eigenvalue weighted by molar-refractivity contribution is -0.113. The first-order valence-electron chi connectivity index (χ1n) is 7.60. The summed E-state index contributed by atoms with van der Waals surface area (Å²) in [6, 6.07) is 13.7. The number of amides is 1. The van der Waals surface area contributed by atoms with Crippen molar-refractivity contribution in [1.29, 1.82) is 5.26 Å². The molecule has 3 aromatic rings. The van der Waals surface area contributed by atoms with Crippen LogP contribution in [0.4, 0.5) is 5.69 Å². The van der Waals surface area contributed by atoms with E-state index in [0.717, 1.165) is 0 Å². The molecule has 0 radical (unpaired) electrons. The predicted molar refractivity (Wildman–Crippen MR) is 97.9 cm³/mol. The number of carbonyl (C=O) groups excluding carboxylic acids is 2. The number of H-pyrrole nitrogens is 1. The number of esters is 1. The van der Waals surface area contributed by atoms with Gasteiger partial charge in [0.1, 0.15) is 0 Å². The lowest BCUT2D eigenvalue weighted by Crippen LogP contribution is -2.14. The molecule has 0 bridgehead atoms. The van der Waals surface area contributed by atoms with Crippen LogP contribution < -0.4 is 5.32 Å². The van der Waals surface area contributed by atoms with Gasteiger partial charge in [0.05, 0.1) is 41.1 Å². The topological polar surface area (TPSA) is 108 Å². The second-order valence-electron chi connectivity index (χ2n) is 5.29. The Morgan fingerprint density at radius 2 is 2.04 bits per heavy atom. The molecule has 0 saturated heterocycles. The molecule has 26 heavy (non-hydrogen) atoms. The molecule has 0 aliphatic heterocycles. The quantitative estimate of drug-likeness (QED) is 0.531. The summed E-state index contributed by atoms with van der Waals surface area (Å²) in [5.74, 6) is -0.433. The molecule has 1 heterocycles. The van der Waals surface area contributed by atoms with Crippen LogP contribution in [0.5, 0.6) is 0 Å². The van der Waals surface area contributed by atoms with E-state index in [2.05, 4.69) is 15.3 Å². The number of rotatable bonds is 5. The normalized spacial score (nSPS) is 10.3. The van der Waals surface area contributed by atoms with E-state index >= 15 is 0 Å². The van der Waals surface area contributed by atoms with E-state index in [1.54, 1.807) is 42.5 Å². The monoisotopic (exact) mass is 366 g/mol. The highest BCUT2D eigenvalue weighted by Crippen LogP contribution is 2.21. The van der Waals surface area contributed by atoms with Gasteiger partial charge in [0.2, 0.25) is 5.91 Å². The number of carbonyl (C=O) groups is 2. The SMILES string of the molecule is COC(=O)c1ccc2nc(SCC(=O)Nc3ccc(C#N)cc3)[nH]c2c1. The summed E-state index contributed by atoms with van der Waals surface area (Å²) < 4.78 is 4.69. The van der Waals surface area contributed by atoms with Gasteiger partial charge in [-0.3, -0.25) is 4.79 Å². The van der Waals surface area contributed by atoms with E-state index < -0.39 is 5.97 Å². The van der Waals surface area contributed by atoms with Gasteiger partial charge in [0.25, 0.3) is 0 Å². The first kappa shape index (κ1) is 17.5. The number of nitrogens with one attached hydrogen (secondary N) is 2. The third-order valence-corrected chi connectivity index (χ3v) is 4.39. The molecule has 0 atom stereocenters. The van der Waals surface area contributed by atoms with Crippen LogP contribution in [0.1, 0.15) is 15.9 Å². The molecule has 8 heteroatoms. The Kier molecular flexibility index (Phi) is 5.20. The number of aromatic amines is 1. The number of anilines is 1. The molecule has 7 nitrogen and oxygen atoms in total. The van der Waals surface area contributed by atoms with Crippen LogP contribution in [-0.2, 0) is 9.53 Å². The Morgan fingerprint density at radius 3 is 2.73 bits per heavy atom. The van der Waals surface area contributed by atoms with Crippen LogP contribution in [0.25, 0.3) is 11.0 Å². The minimum atomic E-state index is -0.419. The number of hydrogen-bond acceptors (Lipinski definition) is 6. The molecule has 0 aliphatic carbocycles. The molecular formula is C18H14N4O3S. The number of aromatic nitrogens is 2. The second kappa shape index (κ2) is 7.72. The Labute approximate surface area is 153 Å². The number of imidazole rings is 1. The Bertz CT molecular complexity index is 1010. The third-order valence-electron chi connectivity index (χ3n) is 3.52. The van der Waals surface area contributed by atoms with Crippen molar-refractivity contribution in [1.82, 2.24) is 9.97 Å². The van der Waals surface area contributed by atoms with Crippen molar-refractivity contribution < 1.29 is 14.3 Å². The number of thioether (sulfide) groups is 1. The van der Waals surface area contributed by atoms with Gasteiger partial charge in [-0.1, -0.05) is 11.8 Å². The summed E-state index contributed by atoms with van der Waals surface area (Å²) in [7, 11) is 1.33. The number of nitrogens with zero attached hydrogens (tertiary/aromatic N) is 2. The molecule has 0 aliphatic rings. The van der Waals surface area contributed by atoms with Crippen molar-refractivity contribution in [3.8, 4) is 6.07 Å². The molecule has 3 rings (SSSR count). The molecule has 1 aromatic heterocycles. The predicted octanol–water partition coefficient (Wildman–Crippen LogP) is 2.95. The summed E-state index contributed by atoms with van der Waals surface area (Å²) in [6.07, 6.45) is 0. The molecule has 0 saturated carbocycles. The molecule has 0 spiro atoms. The molecule has 1 amide bonds. The molecular weight excluding hydrogens is 352 g/mol. The summed E-state index contributed by atoms with van der Waals surface area (Å²) in [4.78, 5) is 31.1. The third kappa shape index (κ3) is 4.02. The highest BCUT2D eigenvalue weighted by atomic mass is 32.2. The van der Waals surface area contributed by atoms with Gasteiger partial charge in [-0.15, -0.1) is 0 Å². The number of methoxy groups -OCH3 is 1. The van der Waals surface area contributed by atoms with Crippen molar-refractivity contribution in [3.05, 3.63) is 53.6 Å². The lowest BCUT2D eigenvalue weighted by Gasteiger charge is -2.03. The zero-order chi connectivity index (χ0) is 18.5.